The Morgan fingerprint density at radius 3 is 3.06 bits per heavy atom. The molecule has 1 aliphatic rings. The van der Waals surface area contributed by atoms with Gasteiger partial charge in [0.15, 0.2) is 0 Å². The van der Waals surface area contributed by atoms with Gasteiger partial charge in [-0.3, -0.25) is 0 Å². The second-order valence-corrected chi connectivity index (χ2v) is 4.96. The van der Waals surface area contributed by atoms with Crippen molar-refractivity contribution in [2.24, 2.45) is 5.41 Å². The van der Waals surface area contributed by atoms with Crippen LogP contribution in [0.5, 0.6) is 0 Å². The van der Waals surface area contributed by atoms with Crippen LogP contribution in [0.1, 0.15) is 18.4 Å². The Labute approximate surface area is 100 Å². The molecule has 0 spiro atoms. The first-order valence-corrected chi connectivity index (χ1v) is 6.06. The zero-order valence-corrected chi connectivity index (χ0v) is 9.76. The van der Waals surface area contributed by atoms with Crippen LogP contribution in [0.2, 0.25) is 0 Å². The second kappa shape index (κ2) is 4.13. The third-order valence-electron chi connectivity index (χ3n) is 3.61. The van der Waals surface area contributed by atoms with E-state index >= 15 is 0 Å². The average molecular weight is 231 g/mol. The number of nitrogens with one attached hydrogen (secondary N) is 1. The summed E-state index contributed by atoms with van der Waals surface area (Å²) in [6, 6.07) is 6.07. The van der Waals surface area contributed by atoms with Crippen LogP contribution >= 0.6 is 0 Å². The van der Waals surface area contributed by atoms with Gasteiger partial charge in [0.2, 0.25) is 0 Å². The minimum absolute atomic E-state index is 0.170. The van der Waals surface area contributed by atoms with Crippen molar-refractivity contribution in [2.45, 2.75) is 19.4 Å². The summed E-state index contributed by atoms with van der Waals surface area (Å²) in [5.74, 6) is 0. The van der Waals surface area contributed by atoms with Crippen LogP contribution in [0.4, 0.5) is 0 Å². The molecule has 4 heteroatoms. The lowest BCUT2D eigenvalue weighted by atomic mass is 10.1. The van der Waals surface area contributed by atoms with E-state index in [0.29, 0.717) is 6.61 Å². The lowest BCUT2D eigenvalue weighted by molar-refractivity contribution is 0.207. The van der Waals surface area contributed by atoms with Gasteiger partial charge in [-0.05, 0) is 25.0 Å². The number of rotatable bonds is 5. The lowest BCUT2D eigenvalue weighted by Crippen LogP contribution is -2.25. The van der Waals surface area contributed by atoms with Gasteiger partial charge in [-0.15, -0.1) is 0 Å². The SMILES string of the molecule is OCC1(CNCc2cnn3ccccc23)CC1. The van der Waals surface area contributed by atoms with Crippen molar-refractivity contribution in [2.75, 3.05) is 13.2 Å². The smallest absolute Gasteiger partial charge is 0.0706 e. The Morgan fingerprint density at radius 1 is 1.41 bits per heavy atom. The average Bonchev–Trinajstić information content (AvgIpc) is 3.04. The molecule has 17 heavy (non-hydrogen) atoms. The molecule has 1 aliphatic carbocycles. The maximum absolute atomic E-state index is 9.23. The molecule has 0 radical (unpaired) electrons. The number of fused-ring (bicyclic) bond motifs is 1. The minimum atomic E-state index is 0.170. The lowest BCUT2D eigenvalue weighted by Gasteiger charge is -2.11. The molecule has 90 valence electrons. The fourth-order valence-electron chi connectivity index (χ4n) is 2.15. The molecule has 0 bridgehead atoms. The number of aromatic nitrogens is 2. The third kappa shape index (κ3) is 2.06. The van der Waals surface area contributed by atoms with Crippen LogP contribution in [0.25, 0.3) is 5.52 Å². The van der Waals surface area contributed by atoms with Crippen LogP contribution in [-0.2, 0) is 6.54 Å². The zero-order chi connectivity index (χ0) is 11.7. The van der Waals surface area contributed by atoms with E-state index in [9.17, 15) is 5.11 Å². The Kier molecular flexibility index (Phi) is 2.61. The highest BCUT2D eigenvalue weighted by atomic mass is 16.3. The molecule has 1 saturated carbocycles. The molecule has 1 fully saturated rings. The molecule has 2 heterocycles. The molecule has 0 amide bonds. The fourth-order valence-corrected chi connectivity index (χ4v) is 2.15. The van der Waals surface area contributed by atoms with Crippen LogP contribution in [0, 0.1) is 5.41 Å². The molecule has 0 aliphatic heterocycles. The monoisotopic (exact) mass is 231 g/mol. The van der Waals surface area contributed by atoms with Gasteiger partial charge in [-0.1, -0.05) is 6.07 Å². The number of hydrogen-bond donors (Lipinski definition) is 2. The third-order valence-corrected chi connectivity index (χ3v) is 3.61. The summed E-state index contributed by atoms with van der Waals surface area (Å²) in [6.07, 6.45) is 6.15. The highest BCUT2D eigenvalue weighted by molar-refractivity contribution is 5.53. The summed E-state index contributed by atoms with van der Waals surface area (Å²) in [5.41, 5.74) is 2.52. The molecule has 3 rings (SSSR count). The topological polar surface area (TPSA) is 49.6 Å². The van der Waals surface area contributed by atoms with E-state index in [4.69, 9.17) is 0 Å². The number of aliphatic hydroxyl groups is 1. The summed E-state index contributed by atoms with van der Waals surface area (Å²) in [4.78, 5) is 0. The van der Waals surface area contributed by atoms with E-state index < -0.39 is 0 Å². The highest BCUT2D eigenvalue weighted by Gasteiger charge is 2.41. The maximum Gasteiger partial charge on any atom is 0.0706 e. The summed E-state index contributed by atoms with van der Waals surface area (Å²) in [5, 5.41) is 16.9. The summed E-state index contributed by atoms with van der Waals surface area (Å²) in [7, 11) is 0. The first-order valence-electron chi connectivity index (χ1n) is 6.06. The Morgan fingerprint density at radius 2 is 2.29 bits per heavy atom. The van der Waals surface area contributed by atoms with Crippen molar-refractivity contribution in [3.05, 3.63) is 36.2 Å². The Hall–Kier alpha value is -1.39. The molecular formula is C13H17N3O. The molecule has 2 aromatic heterocycles. The van der Waals surface area contributed by atoms with Crippen molar-refractivity contribution in [1.29, 1.82) is 0 Å². The molecule has 0 atom stereocenters. The van der Waals surface area contributed by atoms with Crippen molar-refractivity contribution in [3.63, 3.8) is 0 Å². The van der Waals surface area contributed by atoms with Crippen molar-refractivity contribution < 1.29 is 5.11 Å². The predicted octanol–water partition coefficient (Wildman–Crippen LogP) is 1.20. The van der Waals surface area contributed by atoms with Crippen molar-refractivity contribution in [3.8, 4) is 0 Å². The first-order chi connectivity index (χ1) is 8.33. The number of pyridine rings is 1. The Bertz CT molecular complexity index is 516. The minimum Gasteiger partial charge on any atom is -0.396 e. The molecule has 0 aromatic carbocycles. The van der Waals surface area contributed by atoms with Crippen LogP contribution < -0.4 is 5.32 Å². The fraction of sp³-hybridized carbons (Fsp3) is 0.462. The standard InChI is InChI=1S/C13H17N3O/c17-10-13(4-5-13)9-14-7-11-8-15-16-6-2-1-3-12(11)16/h1-3,6,8,14,17H,4-5,7,9-10H2. The maximum atomic E-state index is 9.23. The van der Waals surface area contributed by atoms with Gasteiger partial charge in [0, 0.05) is 36.9 Å². The van der Waals surface area contributed by atoms with Crippen LogP contribution in [-0.4, -0.2) is 27.9 Å². The van der Waals surface area contributed by atoms with E-state index in [1.807, 2.05) is 29.0 Å². The zero-order valence-electron chi connectivity index (χ0n) is 9.76. The van der Waals surface area contributed by atoms with E-state index in [2.05, 4.69) is 16.5 Å². The quantitative estimate of drug-likeness (QED) is 0.813. The van der Waals surface area contributed by atoms with Crippen molar-refractivity contribution >= 4 is 5.52 Å². The predicted molar refractivity (Wildman–Crippen MR) is 65.7 cm³/mol. The van der Waals surface area contributed by atoms with Gasteiger partial charge in [-0.2, -0.15) is 5.10 Å². The molecule has 2 aromatic rings. The normalized spacial score (nSPS) is 17.5. The molecular weight excluding hydrogens is 214 g/mol. The van der Waals surface area contributed by atoms with Gasteiger partial charge >= 0.3 is 0 Å². The molecule has 4 nitrogen and oxygen atoms in total. The van der Waals surface area contributed by atoms with Crippen LogP contribution in [0.15, 0.2) is 30.6 Å². The van der Waals surface area contributed by atoms with Gasteiger partial charge in [0.25, 0.3) is 0 Å². The summed E-state index contributed by atoms with van der Waals surface area (Å²) in [6.45, 7) is 2.01. The largest absolute Gasteiger partial charge is 0.396 e. The van der Waals surface area contributed by atoms with Gasteiger partial charge in [0.05, 0.1) is 11.7 Å². The van der Waals surface area contributed by atoms with E-state index in [-0.39, 0.29) is 5.41 Å². The summed E-state index contributed by atoms with van der Waals surface area (Å²) < 4.78 is 1.88. The highest BCUT2D eigenvalue weighted by Crippen LogP contribution is 2.44. The number of aliphatic hydroxyl groups excluding tert-OH is 1. The van der Waals surface area contributed by atoms with E-state index in [1.165, 1.54) is 5.56 Å². The molecule has 0 saturated heterocycles. The number of nitrogens with zero attached hydrogens (tertiary/aromatic N) is 2. The molecule has 2 N–H and O–H groups in total. The number of hydrogen-bond acceptors (Lipinski definition) is 3. The Balaban J connectivity index is 1.65. The second-order valence-electron chi connectivity index (χ2n) is 4.96. The van der Waals surface area contributed by atoms with E-state index in [0.717, 1.165) is 31.4 Å². The van der Waals surface area contributed by atoms with Crippen LogP contribution in [0.3, 0.4) is 0 Å². The molecule has 0 unspecified atom stereocenters. The van der Waals surface area contributed by atoms with Gasteiger partial charge in [-0.25, -0.2) is 4.52 Å². The van der Waals surface area contributed by atoms with Crippen molar-refractivity contribution in [1.82, 2.24) is 14.9 Å². The first kappa shape index (κ1) is 10.7. The van der Waals surface area contributed by atoms with Gasteiger partial charge < -0.3 is 10.4 Å². The summed E-state index contributed by atoms with van der Waals surface area (Å²) >= 11 is 0. The van der Waals surface area contributed by atoms with Gasteiger partial charge in [0.1, 0.15) is 0 Å². The van der Waals surface area contributed by atoms with E-state index in [1.54, 1.807) is 0 Å².